The van der Waals surface area contributed by atoms with Crippen LogP contribution in [0.3, 0.4) is 0 Å². The summed E-state index contributed by atoms with van der Waals surface area (Å²) in [4.78, 5) is 12.3. The van der Waals surface area contributed by atoms with Gasteiger partial charge in [0.1, 0.15) is 5.75 Å². The van der Waals surface area contributed by atoms with Gasteiger partial charge in [-0.05, 0) is 56.7 Å². The second-order valence-corrected chi connectivity index (χ2v) is 7.54. The number of ether oxygens (including phenoxy) is 1. The summed E-state index contributed by atoms with van der Waals surface area (Å²) in [6.45, 7) is 5.20. The van der Waals surface area contributed by atoms with Gasteiger partial charge in [-0.3, -0.25) is 4.79 Å². The summed E-state index contributed by atoms with van der Waals surface area (Å²) in [7, 11) is -2.30. The number of rotatable bonds is 6. The Morgan fingerprint density at radius 3 is 2.28 bits per heavy atom. The molecule has 2 aromatic carbocycles. The van der Waals surface area contributed by atoms with Crippen LogP contribution in [-0.2, 0) is 14.8 Å². The summed E-state index contributed by atoms with van der Waals surface area (Å²) < 4.78 is 32.4. The van der Waals surface area contributed by atoms with E-state index in [0.29, 0.717) is 17.0 Å². The summed E-state index contributed by atoms with van der Waals surface area (Å²) in [5.74, 6) is 0.168. The van der Waals surface area contributed by atoms with Crippen LogP contribution in [-0.4, -0.2) is 27.5 Å². The van der Waals surface area contributed by atoms with Crippen LogP contribution in [0.2, 0.25) is 0 Å². The van der Waals surface area contributed by atoms with Gasteiger partial charge >= 0.3 is 0 Å². The van der Waals surface area contributed by atoms with Crippen molar-refractivity contribution in [3.05, 3.63) is 53.6 Å². The average molecular weight is 362 g/mol. The number of amides is 1. The van der Waals surface area contributed by atoms with Crippen molar-refractivity contribution in [3.63, 3.8) is 0 Å². The fourth-order valence-electron chi connectivity index (χ4n) is 2.26. The molecule has 25 heavy (non-hydrogen) atoms. The van der Waals surface area contributed by atoms with Gasteiger partial charge in [-0.1, -0.05) is 17.7 Å². The van der Waals surface area contributed by atoms with E-state index in [4.69, 9.17) is 4.74 Å². The van der Waals surface area contributed by atoms with Crippen molar-refractivity contribution < 1.29 is 17.9 Å². The summed E-state index contributed by atoms with van der Waals surface area (Å²) in [6.07, 6.45) is 0. The number of hydrogen-bond donors (Lipinski definition) is 2. The highest BCUT2D eigenvalue weighted by Crippen LogP contribution is 2.21. The van der Waals surface area contributed by atoms with Crippen molar-refractivity contribution in [2.75, 3.05) is 12.4 Å². The summed E-state index contributed by atoms with van der Waals surface area (Å²) >= 11 is 0. The second-order valence-electron chi connectivity index (χ2n) is 5.83. The fourth-order valence-corrected chi connectivity index (χ4v) is 3.55. The van der Waals surface area contributed by atoms with Gasteiger partial charge in [-0.25, -0.2) is 8.42 Å². The van der Waals surface area contributed by atoms with Crippen molar-refractivity contribution in [3.8, 4) is 5.75 Å². The Morgan fingerprint density at radius 2 is 1.72 bits per heavy atom. The summed E-state index contributed by atoms with van der Waals surface area (Å²) in [5.41, 5.74) is 2.38. The molecule has 7 heteroatoms. The van der Waals surface area contributed by atoms with E-state index >= 15 is 0 Å². The molecule has 0 aliphatic rings. The molecule has 1 atom stereocenters. The molecular formula is C18H22N2O4S. The van der Waals surface area contributed by atoms with Crippen molar-refractivity contribution in [1.29, 1.82) is 0 Å². The number of nitrogens with one attached hydrogen (secondary N) is 2. The number of methoxy groups -OCH3 is 1. The van der Waals surface area contributed by atoms with E-state index in [1.54, 1.807) is 25.1 Å². The zero-order valence-electron chi connectivity index (χ0n) is 14.7. The Labute approximate surface area is 148 Å². The highest BCUT2D eigenvalue weighted by atomic mass is 32.2. The first kappa shape index (κ1) is 19.0. The lowest BCUT2D eigenvalue weighted by Crippen LogP contribution is -2.41. The number of carbonyl (C=O) groups is 1. The lowest BCUT2D eigenvalue weighted by atomic mass is 10.2. The van der Waals surface area contributed by atoms with Crippen molar-refractivity contribution in [1.82, 2.24) is 4.72 Å². The number of hydrogen-bond acceptors (Lipinski definition) is 4. The molecule has 2 rings (SSSR count). The van der Waals surface area contributed by atoms with Gasteiger partial charge in [0.05, 0.1) is 18.0 Å². The van der Waals surface area contributed by atoms with E-state index in [1.165, 1.54) is 26.2 Å². The first-order chi connectivity index (χ1) is 11.7. The normalized spacial score (nSPS) is 12.5. The van der Waals surface area contributed by atoms with Crippen LogP contribution in [0.4, 0.5) is 5.69 Å². The van der Waals surface area contributed by atoms with Crippen LogP contribution >= 0.6 is 0 Å². The lowest BCUT2D eigenvalue weighted by molar-refractivity contribution is -0.117. The van der Waals surface area contributed by atoms with Gasteiger partial charge in [0.2, 0.25) is 15.9 Å². The molecule has 2 N–H and O–H groups in total. The van der Waals surface area contributed by atoms with Gasteiger partial charge in [-0.2, -0.15) is 4.72 Å². The van der Waals surface area contributed by atoms with Crippen LogP contribution in [0, 0.1) is 13.8 Å². The minimum Gasteiger partial charge on any atom is -0.496 e. The molecule has 2 aromatic rings. The Morgan fingerprint density at radius 1 is 1.08 bits per heavy atom. The van der Waals surface area contributed by atoms with Gasteiger partial charge in [-0.15, -0.1) is 0 Å². The van der Waals surface area contributed by atoms with Gasteiger partial charge in [0, 0.05) is 5.69 Å². The lowest BCUT2D eigenvalue weighted by Gasteiger charge is -2.15. The van der Waals surface area contributed by atoms with E-state index in [9.17, 15) is 13.2 Å². The van der Waals surface area contributed by atoms with Crippen LogP contribution in [0.1, 0.15) is 18.1 Å². The van der Waals surface area contributed by atoms with E-state index in [1.807, 2.05) is 19.1 Å². The van der Waals surface area contributed by atoms with Crippen molar-refractivity contribution in [2.24, 2.45) is 0 Å². The van der Waals surface area contributed by atoms with Crippen molar-refractivity contribution >= 4 is 21.6 Å². The maximum absolute atomic E-state index is 12.5. The summed E-state index contributed by atoms with van der Waals surface area (Å²) in [5, 5.41) is 2.69. The zero-order chi connectivity index (χ0) is 18.6. The molecule has 0 aromatic heterocycles. The average Bonchev–Trinajstić information content (AvgIpc) is 2.56. The van der Waals surface area contributed by atoms with E-state index < -0.39 is 22.0 Å². The SMILES string of the molecule is COc1ccc(S(=O)(=O)N[C@H](C)C(=O)Nc2ccc(C)cc2)cc1C. The minimum absolute atomic E-state index is 0.0841. The highest BCUT2D eigenvalue weighted by molar-refractivity contribution is 7.89. The first-order valence-corrected chi connectivity index (χ1v) is 9.26. The fraction of sp³-hybridized carbons (Fsp3) is 0.278. The van der Waals surface area contributed by atoms with Gasteiger partial charge < -0.3 is 10.1 Å². The van der Waals surface area contributed by atoms with E-state index in [2.05, 4.69) is 10.0 Å². The van der Waals surface area contributed by atoms with Crippen LogP contribution in [0.25, 0.3) is 0 Å². The molecule has 0 bridgehead atoms. The molecule has 0 heterocycles. The molecule has 0 saturated carbocycles. The number of benzene rings is 2. The molecule has 134 valence electrons. The van der Waals surface area contributed by atoms with Gasteiger partial charge in [0.15, 0.2) is 0 Å². The Kier molecular flexibility index (Phi) is 5.81. The third-order valence-corrected chi connectivity index (χ3v) is 5.26. The standard InChI is InChI=1S/C18H22N2O4S/c1-12-5-7-15(8-6-12)19-18(21)14(3)20-25(22,23)16-9-10-17(24-4)13(2)11-16/h5-11,14,20H,1-4H3,(H,19,21)/t14-/m1/s1. The molecule has 6 nitrogen and oxygen atoms in total. The predicted molar refractivity (Wildman–Crippen MR) is 97.3 cm³/mol. The quantitative estimate of drug-likeness (QED) is 0.827. The topological polar surface area (TPSA) is 84.5 Å². The van der Waals surface area contributed by atoms with Crippen LogP contribution in [0.5, 0.6) is 5.75 Å². The highest BCUT2D eigenvalue weighted by Gasteiger charge is 2.22. The predicted octanol–water partition coefficient (Wildman–Crippen LogP) is 2.62. The van der Waals surface area contributed by atoms with E-state index in [-0.39, 0.29) is 4.90 Å². The molecule has 0 unspecified atom stereocenters. The molecule has 0 saturated heterocycles. The van der Waals surface area contributed by atoms with Crippen molar-refractivity contribution in [2.45, 2.75) is 31.7 Å². The summed E-state index contributed by atoms with van der Waals surface area (Å²) in [6, 6.07) is 10.9. The monoisotopic (exact) mass is 362 g/mol. The van der Waals surface area contributed by atoms with Gasteiger partial charge in [0.25, 0.3) is 0 Å². The van der Waals surface area contributed by atoms with E-state index in [0.717, 1.165) is 5.56 Å². The maximum atomic E-state index is 12.5. The third-order valence-electron chi connectivity index (χ3n) is 3.72. The smallest absolute Gasteiger partial charge is 0.242 e. The largest absolute Gasteiger partial charge is 0.496 e. The Balaban J connectivity index is 2.09. The second kappa shape index (κ2) is 7.67. The Hall–Kier alpha value is -2.38. The van der Waals surface area contributed by atoms with Crippen LogP contribution < -0.4 is 14.8 Å². The first-order valence-electron chi connectivity index (χ1n) is 7.77. The molecule has 0 radical (unpaired) electrons. The third kappa shape index (κ3) is 4.80. The number of aryl methyl sites for hydroxylation is 2. The maximum Gasteiger partial charge on any atom is 0.242 e. The van der Waals surface area contributed by atoms with Crippen LogP contribution in [0.15, 0.2) is 47.4 Å². The zero-order valence-corrected chi connectivity index (χ0v) is 15.5. The molecule has 0 spiro atoms. The number of sulfonamides is 1. The minimum atomic E-state index is -3.82. The number of anilines is 1. The molecule has 0 fully saturated rings. The number of carbonyl (C=O) groups excluding carboxylic acids is 1. The molecule has 0 aliphatic heterocycles. The Bertz CT molecular complexity index is 861. The molecular weight excluding hydrogens is 340 g/mol. The molecule has 1 amide bonds. The molecule has 0 aliphatic carbocycles.